The van der Waals surface area contributed by atoms with Gasteiger partial charge in [0.15, 0.2) is 5.15 Å². The number of aromatic nitrogens is 2. The molecule has 0 bridgehead atoms. The highest BCUT2D eigenvalue weighted by Crippen LogP contribution is 2.23. The lowest BCUT2D eigenvalue weighted by Gasteiger charge is -2.32. The van der Waals surface area contributed by atoms with E-state index in [0.29, 0.717) is 23.9 Å². The molecule has 2 aromatic heterocycles. The van der Waals surface area contributed by atoms with Gasteiger partial charge in [-0.15, -0.1) is 0 Å². The van der Waals surface area contributed by atoms with Crippen molar-refractivity contribution in [1.82, 2.24) is 19.2 Å². The van der Waals surface area contributed by atoms with Crippen LogP contribution >= 0.6 is 11.6 Å². The molecule has 0 aliphatic carbocycles. The molecule has 0 spiro atoms. The van der Waals surface area contributed by atoms with E-state index in [2.05, 4.69) is 4.98 Å². The summed E-state index contributed by atoms with van der Waals surface area (Å²) in [6.07, 6.45) is 8.83. The molecule has 0 saturated carbocycles. The fourth-order valence-electron chi connectivity index (χ4n) is 3.93. The Kier molecular flexibility index (Phi) is 5.16. The number of amides is 2. The average molecular weight is 387 g/mol. The Morgan fingerprint density at radius 3 is 2.56 bits per heavy atom. The summed E-state index contributed by atoms with van der Waals surface area (Å²) in [6.45, 7) is 3.02. The van der Waals surface area contributed by atoms with E-state index in [9.17, 15) is 9.59 Å². The first-order valence-corrected chi connectivity index (χ1v) is 9.89. The maximum atomic E-state index is 12.5. The fourth-order valence-corrected chi connectivity index (χ4v) is 4.17. The number of piperidine rings is 1. The molecule has 27 heavy (non-hydrogen) atoms. The van der Waals surface area contributed by atoms with Crippen LogP contribution in [0.2, 0.25) is 5.15 Å². The maximum Gasteiger partial charge on any atom is 0.246 e. The highest BCUT2D eigenvalue weighted by atomic mass is 35.5. The summed E-state index contributed by atoms with van der Waals surface area (Å²) < 4.78 is 1.85. The van der Waals surface area contributed by atoms with Gasteiger partial charge in [-0.2, -0.15) is 0 Å². The molecule has 2 aliphatic heterocycles. The average Bonchev–Trinajstić information content (AvgIpc) is 3.33. The molecule has 4 rings (SSSR count). The maximum absolute atomic E-state index is 12.5. The molecule has 142 valence electrons. The minimum absolute atomic E-state index is 0.0518. The van der Waals surface area contributed by atoms with Gasteiger partial charge in [-0.05, 0) is 43.9 Å². The minimum Gasteiger partial charge on any atom is -0.342 e. The number of imidazole rings is 1. The van der Waals surface area contributed by atoms with Crippen molar-refractivity contribution in [2.24, 2.45) is 5.92 Å². The lowest BCUT2D eigenvalue weighted by molar-refractivity contribution is -0.138. The summed E-state index contributed by atoms with van der Waals surface area (Å²) in [7, 11) is 0. The van der Waals surface area contributed by atoms with Crippen molar-refractivity contribution in [1.29, 1.82) is 0 Å². The Morgan fingerprint density at radius 1 is 1.07 bits per heavy atom. The van der Waals surface area contributed by atoms with Crippen molar-refractivity contribution in [3.8, 4) is 0 Å². The Bertz CT molecular complexity index is 877. The molecule has 2 aromatic rings. The van der Waals surface area contributed by atoms with Gasteiger partial charge in [0.25, 0.3) is 0 Å². The first-order valence-electron chi connectivity index (χ1n) is 9.52. The van der Waals surface area contributed by atoms with E-state index in [-0.39, 0.29) is 17.7 Å². The largest absolute Gasteiger partial charge is 0.342 e. The highest BCUT2D eigenvalue weighted by molar-refractivity contribution is 6.31. The number of carbonyl (C=O) groups excluding carboxylic acids is 2. The molecule has 2 fully saturated rings. The van der Waals surface area contributed by atoms with Crippen molar-refractivity contribution in [3.05, 3.63) is 41.3 Å². The Labute approximate surface area is 163 Å². The van der Waals surface area contributed by atoms with Crippen LogP contribution in [0.4, 0.5) is 0 Å². The molecule has 6 nitrogen and oxygen atoms in total. The first-order chi connectivity index (χ1) is 13.1. The SMILES string of the molecule is O=C(/C=C/c1c(Cl)nc2ccccn12)N1CCC(C(=O)N2CCCC2)CC1. The second-order valence-electron chi connectivity index (χ2n) is 7.18. The molecule has 2 aliphatic rings. The number of likely N-dealkylation sites (tertiary alicyclic amines) is 2. The molecule has 4 heterocycles. The molecule has 0 N–H and O–H groups in total. The zero-order valence-corrected chi connectivity index (χ0v) is 15.9. The van der Waals surface area contributed by atoms with Crippen molar-refractivity contribution < 1.29 is 9.59 Å². The number of hydrogen-bond donors (Lipinski definition) is 0. The number of carbonyl (C=O) groups is 2. The van der Waals surface area contributed by atoms with Crippen molar-refractivity contribution >= 4 is 35.1 Å². The van der Waals surface area contributed by atoms with E-state index in [4.69, 9.17) is 11.6 Å². The van der Waals surface area contributed by atoms with Crippen LogP contribution in [0.1, 0.15) is 31.4 Å². The number of halogens is 1. The van der Waals surface area contributed by atoms with Gasteiger partial charge in [-0.1, -0.05) is 17.7 Å². The lowest BCUT2D eigenvalue weighted by Crippen LogP contribution is -2.43. The van der Waals surface area contributed by atoms with Crippen LogP contribution in [0.5, 0.6) is 0 Å². The van der Waals surface area contributed by atoms with E-state index in [1.807, 2.05) is 33.7 Å². The number of fused-ring (bicyclic) bond motifs is 1. The van der Waals surface area contributed by atoms with Gasteiger partial charge in [0.05, 0.1) is 5.69 Å². The minimum atomic E-state index is -0.0518. The summed E-state index contributed by atoms with van der Waals surface area (Å²) in [5.74, 6) is 0.279. The van der Waals surface area contributed by atoms with E-state index in [1.165, 1.54) is 0 Å². The zero-order valence-electron chi connectivity index (χ0n) is 15.2. The standard InChI is InChI=1S/C20H23ClN4O2/c21-19-16(25-12-2-1-5-17(25)22-19)6-7-18(26)23-13-8-15(9-14-23)20(27)24-10-3-4-11-24/h1-2,5-7,12,15H,3-4,8-11,13-14H2/b7-6+. The van der Waals surface area contributed by atoms with E-state index < -0.39 is 0 Å². The molecule has 0 radical (unpaired) electrons. The third-order valence-electron chi connectivity index (χ3n) is 5.48. The molecular formula is C20H23ClN4O2. The fraction of sp³-hybridized carbons (Fsp3) is 0.450. The quantitative estimate of drug-likeness (QED) is 0.762. The topological polar surface area (TPSA) is 57.9 Å². The van der Waals surface area contributed by atoms with Crippen molar-refractivity contribution in [2.45, 2.75) is 25.7 Å². The summed E-state index contributed by atoms with van der Waals surface area (Å²) >= 11 is 6.20. The smallest absolute Gasteiger partial charge is 0.246 e. The molecule has 2 saturated heterocycles. The Hall–Kier alpha value is -2.34. The van der Waals surface area contributed by atoms with Crippen LogP contribution in [0, 0.1) is 5.92 Å². The first kappa shape index (κ1) is 18.0. The predicted molar refractivity (Wildman–Crippen MR) is 104 cm³/mol. The van der Waals surface area contributed by atoms with Gasteiger partial charge < -0.3 is 9.80 Å². The van der Waals surface area contributed by atoms with Crippen LogP contribution in [0.15, 0.2) is 30.5 Å². The number of rotatable bonds is 3. The molecular weight excluding hydrogens is 364 g/mol. The van der Waals surface area contributed by atoms with Crippen LogP contribution in [0.3, 0.4) is 0 Å². The van der Waals surface area contributed by atoms with Gasteiger partial charge in [0.2, 0.25) is 11.8 Å². The van der Waals surface area contributed by atoms with Crippen molar-refractivity contribution in [2.75, 3.05) is 26.2 Å². The monoisotopic (exact) mass is 386 g/mol. The summed E-state index contributed by atoms with van der Waals surface area (Å²) in [5.41, 5.74) is 1.44. The van der Waals surface area contributed by atoms with E-state index in [0.717, 1.165) is 44.4 Å². The van der Waals surface area contributed by atoms with Gasteiger partial charge in [0, 0.05) is 44.4 Å². The third kappa shape index (κ3) is 3.72. The van der Waals surface area contributed by atoms with Gasteiger partial charge in [-0.25, -0.2) is 4.98 Å². The summed E-state index contributed by atoms with van der Waals surface area (Å²) in [5, 5.41) is 0.375. The number of pyridine rings is 1. The van der Waals surface area contributed by atoms with E-state index in [1.54, 1.807) is 17.1 Å². The number of nitrogens with zero attached hydrogens (tertiary/aromatic N) is 4. The van der Waals surface area contributed by atoms with Crippen LogP contribution in [0.25, 0.3) is 11.7 Å². The Morgan fingerprint density at radius 2 is 1.81 bits per heavy atom. The predicted octanol–water partition coefficient (Wildman–Crippen LogP) is 2.86. The third-order valence-corrected chi connectivity index (χ3v) is 5.76. The molecule has 0 atom stereocenters. The van der Waals surface area contributed by atoms with E-state index >= 15 is 0 Å². The Balaban J connectivity index is 1.37. The molecule has 7 heteroatoms. The van der Waals surface area contributed by atoms with Crippen LogP contribution in [-0.2, 0) is 9.59 Å². The van der Waals surface area contributed by atoms with Crippen LogP contribution in [-0.4, -0.2) is 57.2 Å². The highest BCUT2D eigenvalue weighted by Gasteiger charge is 2.30. The lowest BCUT2D eigenvalue weighted by atomic mass is 9.95. The summed E-state index contributed by atoms with van der Waals surface area (Å²) in [6, 6.07) is 5.66. The molecule has 2 amide bonds. The van der Waals surface area contributed by atoms with Gasteiger partial charge >= 0.3 is 0 Å². The van der Waals surface area contributed by atoms with Gasteiger partial charge in [-0.3, -0.25) is 14.0 Å². The molecule has 0 unspecified atom stereocenters. The zero-order chi connectivity index (χ0) is 18.8. The second-order valence-corrected chi connectivity index (χ2v) is 7.54. The van der Waals surface area contributed by atoms with Gasteiger partial charge in [0.1, 0.15) is 5.65 Å². The van der Waals surface area contributed by atoms with Crippen LogP contribution < -0.4 is 0 Å². The van der Waals surface area contributed by atoms with Crippen molar-refractivity contribution in [3.63, 3.8) is 0 Å². The summed E-state index contributed by atoms with van der Waals surface area (Å²) in [4.78, 5) is 33.1. The number of hydrogen-bond acceptors (Lipinski definition) is 3. The molecule has 0 aromatic carbocycles. The normalized spacial score (nSPS) is 18.7. The second kappa shape index (κ2) is 7.72.